The van der Waals surface area contributed by atoms with Gasteiger partial charge in [0, 0.05) is 10.7 Å². The maximum absolute atomic E-state index is 10.8. The molecule has 1 aromatic rings. The lowest BCUT2D eigenvalue weighted by Gasteiger charge is -2.08. The highest BCUT2D eigenvalue weighted by Gasteiger charge is 2.11. The van der Waals surface area contributed by atoms with Gasteiger partial charge in [-0.3, -0.25) is 0 Å². The highest BCUT2D eigenvalue weighted by Crippen LogP contribution is 2.28. The molecule has 84 valence electrons. The van der Waals surface area contributed by atoms with Gasteiger partial charge in [-0.15, -0.1) is 0 Å². The Bertz CT molecular complexity index is 443. The zero-order chi connectivity index (χ0) is 11.5. The molecular weight excluding hydrogens is 259 g/mol. The summed E-state index contributed by atoms with van der Waals surface area (Å²) >= 11 is 5.87. The van der Waals surface area contributed by atoms with Crippen LogP contribution in [0.2, 0.25) is 5.02 Å². The van der Waals surface area contributed by atoms with Gasteiger partial charge in [0.15, 0.2) is 0 Å². The largest absolute Gasteiger partial charge is 0.495 e. The van der Waals surface area contributed by atoms with Gasteiger partial charge in [0.2, 0.25) is 9.05 Å². The van der Waals surface area contributed by atoms with E-state index in [1.165, 1.54) is 7.11 Å². The van der Waals surface area contributed by atoms with E-state index in [-0.39, 0.29) is 12.2 Å². The Morgan fingerprint density at radius 1 is 1.40 bits per heavy atom. The SMILES string of the molecule is COc1c(Cl)cccc1CCS(=O)(=O)Cl. The average molecular weight is 269 g/mol. The van der Waals surface area contributed by atoms with E-state index in [2.05, 4.69) is 0 Å². The summed E-state index contributed by atoms with van der Waals surface area (Å²) in [5, 5.41) is 0.460. The Hall–Kier alpha value is -0.450. The second-order valence-electron chi connectivity index (χ2n) is 2.93. The van der Waals surface area contributed by atoms with Crippen molar-refractivity contribution in [3.8, 4) is 5.75 Å². The summed E-state index contributed by atoms with van der Waals surface area (Å²) in [5.74, 6) is 0.366. The molecule has 0 aliphatic carbocycles. The molecule has 0 heterocycles. The van der Waals surface area contributed by atoms with Gasteiger partial charge in [0.05, 0.1) is 17.9 Å². The first-order valence-corrected chi connectivity index (χ1v) is 7.03. The fraction of sp³-hybridized carbons (Fsp3) is 0.333. The summed E-state index contributed by atoms with van der Waals surface area (Å²) in [6, 6.07) is 5.17. The van der Waals surface area contributed by atoms with Crippen LogP contribution in [0.3, 0.4) is 0 Å². The van der Waals surface area contributed by atoms with E-state index in [1.54, 1.807) is 18.2 Å². The molecular formula is C9H10Cl2O3S. The summed E-state index contributed by atoms with van der Waals surface area (Å²) in [7, 11) is 3.12. The molecule has 0 amide bonds. The molecule has 0 radical (unpaired) electrons. The van der Waals surface area contributed by atoms with Crippen LogP contribution in [0.5, 0.6) is 5.75 Å². The van der Waals surface area contributed by atoms with Crippen LogP contribution in [-0.4, -0.2) is 21.3 Å². The van der Waals surface area contributed by atoms with E-state index in [0.29, 0.717) is 10.8 Å². The zero-order valence-corrected chi connectivity index (χ0v) is 10.4. The summed E-state index contributed by atoms with van der Waals surface area (Å²) < 4.78 is 26.6. The van der Waals surface area contributed by atoms with E-state index >= 15 is 0 Å². The molecule has 0 atom stereocenters. The van der Waals surface area contributed by atoms with Crippen LogP contribution in [0.25, 0.3) is 0 Å². The smallest absolute Gasteiger partial charge is 0.232 e. The van der Waals surface area contributed by atoms with Gasteiger partial charge in [0.25, 0.3) is 0 Å². The number of halogens is 2. The standard InChI is InChI=1S/C9H10Cl2O3S/c1-14-9-7(3-2-4-8(9)10)5-6-15(11,12)13/h2-4H,5-6H2,1H3. The van der Waals surface area contributed by atoms with Crippen molar-refractivity contribution in [3.63, 3.8) is 0 Å². The van der Waals surface area contributed by atoms with Gasteiger partial charge in [-0.2, -0.15) is 0 Å². The molecule has 0 aliphatic heterocycles. The summed E-state index contributed by atoms with van der Waals surface area (Å²) in [6.45, 7) is 0. The fourth-order valence-electron chi connectivity index (χ4n) is 1.21. The number of aryl methyl sites for hydroxylation is 1. The van der Waals surface area contributed by atoms with Crippen LogP contribution in [0.1, 0.15) is 5.56 Å². The predicted molar refractivity (Wildman–Crippen MR) is 61.3 cm³/mol. The Labute approximate surface area is 98.4 Å². The lowest BCUT2D eigenvalue weighted by atomic mass is 10.1. The van der Waals surface area contributed by atoms with Gasteiger partial charge in [-0.05, 0) is 18.1 Å². The minimum atomic E-state index is -3.49. The van der Waals surface area contributed by atoms with Crippen molar-refractivity contribution in [2.24, 2.45) is 0 Å². The molecule has 1 aromatic carbocycles. The van der Waals surface area contributed by atoms with Crippen molar-refractivity contribution in [1.29, 1.82) is 0 Å². The molecule has 0 fully saturated rings. The third kappa shape index (κ3) is 3.89. The van der Waals surface area contributed by atoms with Crippen molar-refractivity contribution in [2.75, 3.05) is 12.9 Å². The quantitative estimate of drug-likeness (QED) is 0.788. The lowest BCUT2D eigenvalue weighted by molar-refractivity contribution is 0.410. The Balaban J connectivity index is 2.90. The molecule has 0 aromatic heterocycles. The van der Waals surface area contributed by atoms with Gasteiger partial charge in [-0.25, -0.2) is 8.42 Å². The first kappa shape index (κ1) is 12.6. The molecule has 0 spiro atoms. The average Bonchev–Trinajstić information content (AvgIpc) is 2.13. The van der Waals surface area contributed by atoms with E-state index in [4.69, 9.17) is 27.0 Å². The summed E-state index contributed by atoms with van der Waals surface area (Å²) in [6.07, 6.45) is 0.287. The highest BCUT2D eigenvalue weighted by molar-refractivity contribution is 8.13. The third-order valence-electron chi connectivity index (χ3n) is 1.87. The first-order chi connectivity index (χ1) is 6.94. The molecule has 0 saturated carbocycles. The minimum absolute atomic E-state index is 0.134. The third-order valence-corrected chi connectivity index (χ3v) is 3.32. The summed E-state index contributed by atoms with van der Waals surface area (Å²) in [5.41, 5.74) is 0.731. The van der Waals surface area contributed by atoms with Crippen LogP contribution < -0.4 is 4.74 Å². The maximum atomic E-state index is 10.8. The van der Waals surface area contributed by atoms with Crippen molar-refractivity contribution in [1.82, 2.24) is 0 Å². The van der Waals surface area contributed by atoms with Gasteiger partial charge in [-0.1, -0.05) is 23.7 Å². The van der Waals surface area contributed by atoms with E-state index < -0.39 is 9.05 Å². The van der Waals surface area contributed by atoms with Crippen molar-refractivity contribution >= 4 is 31.3 Å². The second-order valence-corrected chi connectivity index (χ2v) is 6.23. The molecule has 0 N–H and O–H groups in total. The minimum Gasteiger partial charge on any atom is -0.495 e. The predicted octanol–water partition coefficient (Wildman–Crippen LogP) is 2.46. The van der Waals surface area contributed by atoms with Gasteiger partial charge < -0.3 is 4.74 Å². The summed E-state index contributed by atoms with van der Waals surface area (Å²) in [4.78, 5) is 0. The Morgan fingerprint density at radius 2 is 2.07 bits per heavy atom. The van der Waals surface area contributed by atoms with E-state index in [9.17, 15) is 8.42 Å². The van der Waals surface area contributed by atoms with E-state index in [1.807, 2.05) is 0 Å². The zero-order valence-electron chi connectivity index (χ0n) is 8.04. The van der Waals surface area contributed by atoms with E-state index in [0.717, 1.165) is 5.56 Å². The normalized spacial score (nSPS) is 11.4. The topological polar surface area (TPSA) is 43.4 Å². The van der Waals surface area contributed by atoms with Crippen LogP contribution in [-0.2, 0) is 15.5 Å². The molecule has 3 nitrogen and oxygen atoms in total. The number of ether oxygens (including phenoxy) is 1. The van der Waals surface area contributed by atoms with Crippen molar-refractivity contribution < 1.29 is 13.2 Å². The molecule has 6 heteroatoms. The van der Waals surface area contributed by atoms with Gasteiger partial charge >= 0.3 is 0 Å². The monoisotopic (exact) mass is 268 g/mol. The second kappa shape index (κ2) is 5.05. The van der Waals surface area contributed by atoms with Crippen LogP contribution in [0, 0.1) is 0 Å². The molecule has 1 rings (SSSR count). The number of hydrogen-bond acceptors (Lipinski definition) is 3. The number of methoxy groups -OCH3 is 1. The van der Waals surface area contributed by atoms with Gasteiger partial charge in [0.1, 0.15) is 5.75 Å². The Kier molecular flexibility index (Phi) is 4.25. The number of hydrogen-bond donors (Lipinski definition) is 0. The fourth-order valence-corrected chi connectivity index (χ4v) is 2.18. The lowest BCUT2D eigenvalue weighted by Crippen LogP contribution is -2.02. The first-order valence-electron chi connectivity index (χ1n) is 4.18. The molecule has 15 heavy (non-hydrogen) atoms. The molecule has 0 aliphatic rings. The van der Waals surface area contributed by atoms with Crippen molar-refractivity contribution in [2.45, 2.75) is 6.42 Å². The maximum Gasteiger partial charge on any atom is 0.232 e. The number of benzene rings is 1. The molecule has 0 unspecified atom stereocenters. The highest BCUT2D eigenvalue weighted by atomic mass is 35.7. The van der Waals surface area contributed by atoms with Crippen LogP contribution in [0.4, 0.5) is 0 Å². The van der Waals surface area contributed by atoms with Crippen LogP contribution >= 0.6 is 22.3 Å². The number of rotatable bonds is 4. The molecule has 0 saturated heterocycles. The van der Waals surface area contributed by atoms with Crippen LogP contribution in [0.15, 0.2) is 18.2 Å². The Morgan fingerprint density at radius 3 is 2.60 bits per heavy atom. The number of para-hydroxylation sites is 1. The van der Waals surface area contributed by atoms with Crippen molar-refractivity contribution in [3.05, 3.63) is 28.8 Å². The molecule has 0 bridgehead atoms.